The first-order valence-corrected chi connectivity index (χ1v) is 10.6. The van der Waals surface area contributed by atoms with Crippen LogP contribution in [0.25, 0.3) is 11.4 Å². The smallest absolute Gasteiger partial charge is 0.270 e. The van der Waals surface area contributed by atoms with E-state index in [1.54, 1.807) is 24.5 Å². The summed E-state index contributed by atoms with van der Waals surface area (Å²) in [7, 11) is 1.54. The van der Waals surface area contributed by atoms with Crippen LogP contribution in [0.2, 0.25) is 5.02 Å². The van der Waals surface area contributed by atoms with Gasteiger partial charge in [-0.3, -0.25) is 14.7 Å². The van der Waals surface area contributed by atoms with Crippen molar-refractivity contribution in [1.82, 2.24) is 14.8 Å². The van der Waals surface area contributed by atoms with E-state index in [9.17, 15) is 10.1 Å². The van der Waals surface area contributed by atoms with Crippen molar-refractivity contribution in [3.8, 4) is 17.1 Å². The second-order valence-electron chi connectivity index (χ2n) is 6.52. The number of nitro benzene ring substituents is 1. The van der Waals surface area contributed by atoms with Gasteiger partial charge < -0.3 is 9.15 Å². The van der Waals surface area contributed by atoms with Crippen molar-refractivity contribution in [2.24, 2.45) is 0 Å². The number of nitrogens with zero attached hydrogens (tertiary/aromatic N) is 4. The van der Waals surface area contributed by atoms with Gasteiger partial charge in [0, 0.05) is 34.0 Å². The zero-order valence-corrected chi connectivity index (χ0v) is 18.0. The molecule has 2 aromatic carbocycles. The van der Waals surface area contributed by atoms with Crippen molar-refractivity contribution in [1.29, 1.82) is 0 Å². The van der Waals surface area contributed by atoms with Crippen molar-refractivity contribution >= 4 is 29.1 Å². The number of thioether (sulfide) groups is 1. The summed E-state index contributed by atoms with van der Waals surface area (Å²) in [4.78, 5) is 10.7. The Hall–Kier alpha value is -3.30. The van der Waals surface area contributed by atoms with Gasteiger partial charge in [0.05, 0.1) is 24.8 Å². The topological polar surface area (TPSA) is 96.2 Å². The standard InChI is InChI=1S/C21H17ClN4O4S/c1-29-19-9-8-17(26(27)28)11-15(19)13-31-21-24-23-20(14-4-6-16(22)7-5-14)25(21)12-18-3-2-10-30-18/h2-11H,12-13H2,1H3. The third-order valence-electron chi connectivity index (χ3n) is 4.54. The van der Waals surface area contributed by atoms with Gasteiger partial charge in [-0.2, -0.15) is 0 Å². The first-order chi connectivity index (χ1) is 15.0. The zero-order valence-electron chi connectivity index (χ0n) is 16.4. The molecular weight excluding hydrogens is 440 g/mol. The Labute approximate surface area is 187 Å². The first-order valence-electron chi connectivity index (χ1n) is 9.21. The fourth-order valence-electron chi connectivity index (χ4n) is 3.04. The van der Waals surface area contributed by atoms with Crippen molar-refractivity contribution in [3.05, 3.63) is 87.3 Å². The van der Waals surface area contributed by atoms with E-state index in [0.29, 0.717) is 39.6 Å². The highest BCUT2D eigenvalue weighted by Crippen LogP contribution is 2.32. The molecule has 0 amide bonds. The predicted molar refractivity (Wildman–Crippen MR) is 117 cm³/mol. The van der Waals surface area contributed by atoms with Crippen molar-refractivity contribution in [2.45, 2.75) is 17.5 Å². The summed E-state index contributed by atoms with van der Waals surface area (Å²) in [6.45, 7) is 0.437. The van der Waals surface area contributed by atoms with Crippen LogP contribution in [-0.2, 0) is 12.3 Å². The third-order valence-corrected chi connectivity index (χ3v) is 5.81. The molecule has 0 N–H and O–H groups in total. The molecule has 0 unspecified atom stereocenters. The van der Waals surface area contributed by atoms with E-state index in [1.165, 1.54) is 31.0 Å². The molecule has 4 rings (SSSR count). The van der Waals surface area contributed by atoms with Crippen LogP contribution in [0.3, 0.4) is 0 Å². The van der Waals surface area contributed by atoms with Gasteiger partial charge in [-0.05, 0) is 42.5 Å². The summed E-state index contributed by atoms with van der Waals surface area (Å²) in [5.41, 5.74) is 1.57. The van der Waals surface area contributed by atoms with Gasteiger partial charge in [-0.1, -0.05) is 23.4 Å². The van der Waals surface area contributed by atoms with Gasteiger partial charge in [0.1, 0.15) is 11.5 Å². The summed E-state index contributed by atoms with van der Waals surface area (Å²) in [5.74, 6) is 2.42. The maximum Gasteiger partial charge on any atom is 0.270 e. The lowest BCUT2D eigenvalue weighted by Gasteiger charge is -2.10. The number of rotatable bonds is 8. The fraction of sp³-hybridized carbons (Fsp3) is 0.143. The van der Waals surface area contributed by atoms with Crippen LogP contribution >= 0.6 is 23.4 Å². The Kier molecular flexibility index (Phi) is 6.24. The Morgan fingerprint density at radius 1 is 1.19 bits per heavy atom. The minimum Gasteiger partial charge on any atom is -0.496 e. The molecule has 0 spiro atoms. The maximum absolute atomic E-state index is 11.2. The average molecular weight is 457 g/mol. The predicted octanol–water partition coefficient (Wildman–Crippen LogP) is 5.45. The Morgan fingerprint density at radius 2 is 2.00 bits per heavy atom. The number of nitro groups is 1. The Morgan fingerprint density at radius 3 is 2.68 bits per heavy atom. The first kappa shape index (κ1) is 21.0. The maximum atomic E-state index is 11.2. The molecule has 31 heavy (non-hydrogen) atoms. The zero-order chi connectivity index (χ0) is 21.8. The summed E-state index contributed by atoms with van der Waals surface area (Å²) in [6, 6.07) is 15.6. The minimum atomic E-state index is -0.425. The van der Waals surface area contributed by atoms with E-state index in [4.69, 9.17) is 20.8 Å². The molecular formula is C21H17ClN4O4S. The highest BCUT2D eigenvalue weighted by Gasteiger charge is 2.18. The summed E-state index contributed by atoms with van der Waals surface area (Å²) in [5, 5.41) is 21.2. The highest BCUT2D eigenvalue weighted by atomic mass is 35.5. The normalized spacial score (nSPS) is 10.9. The molecule has 8 nitrogen and oxygen atoms in total. The minimum absolute atomic E-state index is 0.00954. The second-order valence-corrected chi connectivity index (χ2v) is 7.90. The fourth-order valence-corrected chi connectivity index (χ4v) is 4.08. The number of ether oxygens (including phenoxy) is 1. The summed E-state index contributed by atoms with van der Waals surface area (Å²) >= 11 is 7.43. The van der Waals surface area contributed by atoms with Gasteiger partial charge in [0.25, 0.3) is 5.69 Å². The number of furan rings is 1. The number of hydrogen-bond donors (Lipinski definition) is 0. The van der Waals surface area contributed by atoms with E-state index < -0.39 is 4.92 Å². The highest BCUT2D eigenvalue weighted by molar-refractivity contribution is 7.98. The molecule has 0 fully saturated rings. The van der Waals surface area contributed by atoms with Crippen LogP contribution < -0.4 is 4.74 Å². The molecule has 0 saturated carbocycles. The van der Waals surface area contributed by atoms with Crippen LogP contribution in [-0.4, -0.2) is 26.8 Å². The molecule has 2 heterocycles. The molecule has 158 valence electrons. The monoisotopic (exact) mass is 456 g/mol. The molecule has 10 heteroatoms. The summed E-state index contributed by atoms with van der Waals surface area (Å²) in [6.07, 6.45) is 1.61. The van der Waals surface area contributed by atoms with Crippen molar-refractivity contribution < 1.29 is 14.1 Å². The molecule has 2 aromatic heterocycles. The SMILES string of the molecule is COc1ccc([N+](=O)[O-])cc1CSc1nnc(-c2ccc(Cl)cc2)n1Cc1ccco1. The van der Waals surface area contributed by atoms with Crippen LogP contribution in [0, 0.1) is 10.1 Å². The molecule has 0 radical (unpaired) electrons. The average Bonchev–Trinajstić information content (AvgIpc) is 3.43. The van der Waals surface area contributed by atoms with Gasteiger partial charge in [0.15, 0.2) is 11.0 Å². The lowest BCUT2D eigenvalue weighted by Crippen LogP contribution is -2.03. The number of hydrogen-bond acceptors (Lipinski definition) is 7. The Balaban J connectivity index is 1.66. The van der Waals surface area contributed by atoms with E-state index in [0.717, 1.165) is 11.3 Å². The molecule has 0 atom stereocenters. The number of aromatic nitrogens is 3. The van der Waals surface area contributed by atoms with Gasteiger partial charge in [0.2, 0.25) is 0 Å². The number of non-ortho nitro benzene ring substituents is 1. The van der Waals surface area contributed by atoms with E-state index in [-0.39, 0.29) is 5.69 Å². The summed E-state index contributed by atoms with van der Waals surface area (Å²) < 4.78 is 12.8. The van der Waals surface area contributed by atoms with E-state index in [1.807, 2.05) is 28.8 Å². The van der Waals surface area contributed by atoms with Gasteiger partial charge in [-0.15, -0.1) is 10.2 Å². The quantitative estimate of drug-likeness (QED) is 0.197. The lowest BCUT2D eigenvalue weighted by molar-refractivity contribution is -0.384. The van der Waals surface area contributed by atoms with E-state index >= 15 is 0 Å². The second kappa shape index (κ2) is 9.23. The molecule has 0 aliphatic rings. The number of methoxy groups -OCH3 is 1. The van der Waals surface area contributed by atoms with Gasteiger partial charge in [-0.25, -0.2) is 0 Å². The molecule has 0 aliphatic heterocycles. The number of benzene rings is 2. The molecule has 0 aliphatic carbocycles. The van der Waals surface area contributed by atoms with Crippen LogP contribution in [0.4, 0.5) is 5.69 Å². The van der Waals surface area contributed by atoms with Crippen LogP contribution in [0.1, 0.15) is 11.3 Å². The Bertz CT molecular complexity index is 1190. The van der Waals surface area contributed by atoms with Crippen molar-refractivity contribution in [2.75, 3.05) is 7.11 Å². The van der Waals surface area contributed by atoms with Crippen molar-refractivity contribution in [3.63, 3.8) is 0 Å². The third kappa shape index (κ3) is 4.73. The van der Waals surface area contributed by atoms with E-state index in [2.05, 4.69) is 10.2 Å². The largest absolute Gasteiger partial charge is 0.496 e. The number of halogens is 1. The molecule has 0 bridgehead atoms. The van der Waals surface area contributed by atoms with Crippen LogP contribution in [0.5, 0.6) is 5.75 Å². The van der Waals surface area contributed by atoms with Gasteiger partial charge >= 0.3 is 0 Å². The lowest BCUT2D eigenvalue weighted by atomic mass is 10.2. The molecule has 0 saturated heterocycles. The van der Waals surface area contributed by atoms with Crippen LogP contribution in [0.15, 0.2) is 70.4 Å². The molecule has 4 aromatic rings.